The summed E-state index contributed by atoms with van der Waals surface area (Å²) in [7, 11) is 1.83. The third kappa shape index (κ3) is 2.91. The van der Waals surface area contributed by atoms with Crippen LogP contribution in [0.1, 0.15) is 13.3 Å². The molecule has 104 valence electrons. The van der Waals surface area contributed by atoms with Crippen molar-refractivity contribution in [2.24, 2.45) is 0 Å². The fraction of sp³-hybridized carbons (Fsp3) is 0.583. The highest BCUT2D eigenvalue weighted by atomic mass is 32.2. The van der Waals surface area contributed by atoms with E-state index < -0.39 is 0 Å². The molecule has 1 unspecified atom stereocenters. The van der Waals surface area contributed by atoms with Gasteiger partial charge in [0.1, 0.15) is 17.7 Å². The number of carbonyl (C=O) groups is 1. The zero-order valence-electron chi connectivity index (χ0n) is 11.4. The average Bonchev–Trinajstić information content (AvgIpc) is 2.46. The first kappa shape index (κ1) is 13.9. The highest BCUT2D eigenvalue weighted by molar-refractivity contribution is 7.98. The van der Waals surface area contributed by atoms with Crippen LogP contribution in [0.2, 0.25) is 0 Å². The minimum atomic E-state index is -0.150. The number of thioether (sulfide) groups is 1. The maximum absolute atomic E-state index is 11.9. The van der Waals surface area contributed by atoms with Crippen LogP contribution >= 0.6 is 11.8 Å². The fourth-order valence-electron chi connectivity index (χ4n) is 2.17. The van der Waals surface area contributed by atoms with Gasteiger partial charge in [-0.3, -0.25) is 4.79 Å². The molecule has 6 nitrogen and oxygen atoms in total. The summed E-state index contributed by atoms with van der Waals surface area (Å²) in [6.07, 6.45) is 2.71. The van der Waals surface area contributed by atoms with Gasteiger partial charge in [0.15, 0.2) is 5.16 Å². The van der Waals surface area contributed by atoms with Gasteiger partial charge in [-0.1, -0.05) is 18.7 Å². The van der Waals surface area contributed by atoms with Gasteiger partial charge in [-0.25, -0.2) is 9.97 Å². The molecule has 7 heteroatoms. The Hall–Kier alpha value is -1.50. The van der Waals surface area contributed by atoms with Gasteiger partial charge in [0.05, 0.1) is 0 Å². The van der Waals surface area contributed by atoms with Crippen LogP contribution in [0.3, 0.4) is 0 Å². The van der Waals surface area contributed by atoms with E-state index in [0.717, 1.165) is 24.6 Å². The molecule has 1 fully saturated rings. The van der Waals surface area contributed by atoms with Gasteiger partial charge in [0.2, 0.25) is 5.91 Å². The SMILES string of the molecule is CCC1C(=O)NCCN1c1cc(NC)nc(SC)n1. The summed E-state index contributed by atoms with van der Waals surface area (Å²) >= 11 is 1.50. The molecule has 1 aliphatic heterocycles. The van der Waals surface area contributed by atoms with Crippen molar-refractivity contribution in [1.82, 2.24) is 15.3 Å². The molecular formula is C12H19N5OS. The number of carbonyl (C=O) groups excluding carboxylic acids is 1. The standard InChI is InChI=1S/C12H19N5OS/c1-4-8-11(18)14-5-6-17(8)10-7-9(13-2)15-12(16-10)19-3/h7-8H,4-6H2,1-3H3,(H,14,18)(H,13,15,16). The number of nitrogens with zero attached hydrogens (tertiary/aromatic N) is 3. The number of hydrogen-bond donors (Lipinski definition) is 2. The predicted octanol–water partition coefficient (Wildman–Crippen LogP) is 0.955. The molecule has 0 radical (unpaired) electrons. The van der Waals surface area contributed by atoms with Crippen molar-refractivity contribution in [2.45, 2.75) is 24.5 Å². The molecule has 2 rings (SSSR count). The van der Waals surface area contributed by atoms with Gasteiger partial charge in [-0.15, -0.1) is 0 Å². The van der Waals surface area contributed by atoms with Gasteiger partial charge < -0.3 is 15.5 Å². The Kier molecular flexibility index (Phi) is 4.47. The van der Waals surface area contributed by atoms with Crippen LogP contribution in [0.4, 0.5) is 11.6 Å². The topological polar surface area (TPSA) is 70.2 Å². The number of anilines is 2. The van der Waals surface area contributed by atoms with E-state index in [4.69, 9.17) is 0 Å². The summed E-state index contributed by atoms with van der Waals surface area (Å²) in [5.41, 5.74) is 0. The van der Waals surface area contributed by atoms with Crippen molar-refractivity contribution < 1.29 is 4.79 Å². The molecule has 1 aliphatic rings. The van der Waals surface area contributed by atoms with Crippen LogP contribution in [-0.2, 0) is 4.79 Å². The van der Waals surface area contributed by atoms with Crippen LogP contribution in [-0.4, -0.2) is 48.3 Å². The number of aromatic nitrogens is 2. The molecule has 0 bridgehead atoms. The molecule has 2 N–H and O–H groups in total. The molecule has 0 spiro atoms. The van der Waals surface area contributed by atoms with E-state index >= 15 is 0 Å². The number of amides is 1. The minimum Gasteiger partial charge on any atom is -0.373 e. The van der Waals surface area contributed by atoms with E-state index in [1.807, 2.05) is 26.3 Å². The summed E-state index contributed by atoms with van der Waals surface area (Å²) in [6.45, 7) is 3.44. The number of hydrogen-bond acceptors (Lipinski definition) is 6. The van der Waals surface area contributed by atoms with Gasteiger partial charge in [0, 0.05) is 26.2 Å². The first-order chi connectivity index (χ1) is 9.19. The lowest BCUT2D eigenvalue weighted by Crippen LogP contribution is -2.55. The van der Waals surface area contributed by atoms with Crippen LogP contribution in [0, 0.1) is 0 Å². The Morgan fingerprint density at radius 3 is 3.00 bits per heavy atom. The van der Waals surface area contributed by atoms with Gasteiger partial charge in [-0.2, -0.15) is 0 Å². The van der Waals surface area contributed by atoms with Crippen molar-refractivity contribution in [3.05, 3.63) is 6.07 Å². The van der Waals surface area contributed by atoms with E-state index in [0.29, 0.717) is 11.7 Å². The molecule has 1 saturated heterocycles. The molecule has 1 aromatic rings. The molecule has 2 heterocycles. The second-order valence-corrected chi connectivity index (χ2v) is 5.03. The molecule has 0 aromatic carbocycles. The van der Waals surface area contributed by atoms with Crippen molar-refractivity contribution in [3.63, 3.8) is 0 Å². The summed E-state index contributed by atoms with van der Waals surface area (Å²) in [5.74, 6) is 1.66. The number of piperazine rings is 1. The molecular weight excluding hydrogens is 262 g/mol. The van der Waals surface area contributed by atoms with Gasteiger partial charge >= 0.3 is 0 Å². The minimum absolute atomic E-state index is 0.0732. The Morgan fingerprint density at radius 1 is 1.58 bits per heavy atom. The Labute approximate surface area is 117 Å². The normalized spacial score (nSPS) is 19.2. The first-order valence-corrected chi connectivity index (χ1v) is 7.57. The zero-order valence-corrected chi connectivity index (χ0v) is 12.3. The maximum atomic E-state index is 11.9. The smallest absolute Gasteiger partial charge is 0.242 e. The molecule has 1 atom stereocenters. The third-order valence-electron chi connectivity index (χ3n) is 3.14. The van der Waals surface area contributed by atoms with Gasteiger partial charge in [0.25, 0.3) is 0 Å². The summed E-state index contributed by atoms with van der Waals surface area (Å²) in [6, 6.07) is 1.74. The zero-order chi connectivity index (χ0) is 13.8. The first-order valence-electron chi connectivity index (χ1n) is 6.34. The van der Waals surface area contributed by atoms with Crippen molar-refractivity contribution in [1.29, 1.82) is 0 Å². The van der Waals surface area contributed by atoms with Crippen molar-refractivity contribution >= 4 is 29.3 Å². The molecule has 1 amide bonds. The lowest BCUT2D eigenvalue weighted by molar-refractivity contribution is -0.123. The lowest BCUT2D eigenvalue weighted by Gasteiger charge is -2.35. The second kappa shape index (κ2) is 6.10. The Balaban J connectivity index is 2.35. The molecule has 0 aliphatic carbocycles. The molecule has 0 saturated carbocycles. The second-order valence-electron chi connectivity index (χ2n) is 4.26. The largest absolute Gasteiger partial charge is 0.373 e. The average molecular weight is 281 g/mol. The number of nitrogens with one attached hydrogen (secondary N) is 2. The third-order valence-corrected chi connectivity index (χ3v) is 3.69. The van der Waals surface area contributed by atoms with Gasteiger partial charge in [-0.05, 0) is 12.7 Å². The van der Waals surface area contributed by atoms with Crippen LogP contribution < -0.4 is 15.5 Å². The quantitative estimate of drug-likeness (QED) is 0.633. The maximum Gasteiger partial charge on any atom is 0.242 e. The molecule has 1 aromatic heterocycles. The van der Waals surface area contributed by atoms with E-state index in [2.05, 4.69) is 25.5 Å². The van der Waals surface area contributed by atoms with Crippen molar-refractivity contribution in [3.8, 4) is 0 Å². The monoisotopic (exact) mass is 281 g/mol. The molecule has 19 heavy (non-hydrogen) atoms. The fourth-order valence-corrected chi connectivity index (χ4v) is 2.55. The number of rotatable bonds is 4. The van der Waals surface area contributed by atoms with E-state index in [1.54, 1.807) is 0 Å². The van der Waals surface area contributed by atoms with Crippen LogP contribution in [0.15, 0.2) is 11.2 Å². The van der Waals surface area contributed by atoms with E-state index in [9.17, 15) is 4.79 Å². The summed E-state index contributed by atoms with van der Waals surface area (Å²) in [4.78, 5) is 22.8. The lowest BCUT2D eigenvalue weighted by atomic mass is 10.1. The highest BCUT2D eigenvalue weighted by Crippen LogP contribution is 2.23. The van der Waals surface area contributed by atoms with E-state index in [1.165, 1.54) is 11.8 Å². The highest BCUT2D eigenvalue weighted by Gasteiger charge is 2.29. The van der Waals surface area contributed by atoms with Crippen molar-refractivity contribution in [2.75, 3.05) is 36.6 Å². The van der Waals surface area contributed by atoms with Crippen LogP contribution in [0.5, 0.6) is 0 Å². The van der Waals surface area contributed by atoms with Crippen LogP contribution in [0.25, 0.3) is 0 Å². The summed E-state index contributed by atoms with van der Waals surface area (Å²) < 4.78 is 0. The van der Waals surface area contributed by atoms with E-state index in [-0.39, 0.29) is 11.9 Å². The summed E-state index contributed by atoms with van der Waals surface area (Å²) in [5, 5.41) is 6.64. The Bertz CT molecular complexity index is 445. The predicted molar refractivity (Wildman–Crippen MR) is 77.8 cm³/mol. The Morgan fingerprint density at radius 2 is 2.37 bits per heavy atom.